The van der Waals surface area contributed by atoms with Crippen molar-refractivity contribution >= 4 is 38.3 Å². The number of anilines is 2. The van der Waals surface area contributed by atoms with Gasteiger partial charge in [0.2, 0.25) is 0 Å². The van der Waals surface area contributed by atoms with Gasteiger partial charge in [0.15, 0.2) is 0 Å². The first-order valence-corrected chi connectivity index (χ1v) is 10.2. The van der Waals surface area contributed by atoms with E-state index < -0.39 is 27.4 Å². The van der Waals surface area contributed by atoms with E-state index in [0.29, 0.717) is 11.0 Å². The summed E-state index contributed by atoms with van der Waals surface area (Å²) in [5, 5.41) is 2.43. The molecule has 8 nitrogen and oxygen atoms in total. The number of fused-ring (bicyclic) bond motifs is 1. The van der Waals surface area contributed by atoms with Gasteiger partial charge in [0, 0.05) is 0 Å². The van der Waals surface area contributed by atoms with Crippen LogP contribution in [0.5, 0.6) is 0 Å². The van der Waals surface area contributed by atoms with Gasteiger partial charge in [-0.3, -0.25) is 9.52 Å². The quantitative estimate of drug-likeness (QED) is 0.392. The molecule has 4 N–H and O–H groups in total. The van der Waals surface area contributed by atoms with E-state index in [1.807, 2.05) is 0 Å². The maximum atomic E-state index is 13.8. The lowest BCUT2D eigenvalue weighted by molar-refractivity contribution is 0.102. The zero-order chi connectivity index (χ0) is 21.3. The second-order valence-corrected chi connectivity index (χ2v) is 8.05. The van der Waals surface area contributed by atoms with Crippen LogP contribution in [-0.2, 0) is 10.0 Å². The molecule has 0 spiro atoms. The van der Waals surface area contributed by atoms with E-state index in [1.165, 1.54) is 48.5 Å². The van der Waals surface area contributed by atoms with Gasteiger partial charge in [-0.1, -0.05) is 24.3 Å². The molecule has 0 fully saturated rings. The van der Waals surface area contributed by atoms with Gasteiger partial charge >= 0.3 is 5.69 Å². The van der Waals surface area contributed by atoms with Crippen LogP contribution in [0.3, 0.4) is 0 Å². The van der Waals surface area contributed by atoms with Gasteiger partial charge in [-0.25, -0.2) is 17.6 Å². The summed E-state index contributed by atoms with van der Waals surface area (Å²) in [4.78, 5) is 28.9. The van der Waals surface area contributed by atoms with Gasteiger partial charge in [-0.2, -0.15) is 0 Å². The Morgan fingerprint density at radius 3 is 2.30 bits per heavy atom. The number of hydrogen-bond donors (Lipinski definition) is 4. The number of rotatable bonds is 5. The summed E-state index contributed by atoms with van der Waals surface area (Å²) < 4.78 is 41.9. The van der Waals surface area contributed by atoms with Gasteiger partial charge in [0.05, 0.1) is 32.9 Å². The maximum Gasteiger partial charge on any atom is 0.323 e. The number of amides is 1. The molecule has 3 aromatic carbocycles. The van der Waals surface area contributed by atoms with Crippen molar-refractivity contribution < 1.29 is 17.6 Å². The molecule has 1 amide bonds. The third-order valence-electron chi connectivity index (χ3n) is 4.34. The van der Waals surface area contributed by atoms with Gasteiger partial charge < -0.3 is 15.3 Å². The van der Waals surface area contributed by atoms with E-state index >= 15 is 0 Å². The van der Waals surface area contributed by atoms with Gasteiger partial charge in [0.1, 0.15) is 5.82 Å². The molecule has 0 saturated heterocycles. The first kappa shape index (κ1) is 19.4. The number of carbonyl (C=O) groups excluding carboxylic acids is 1. The summed E-state index contributed by atoms with van der Waals surface area (Å²) in [6, 6.07) is 15.7. The van der Waals surface area contributed by atoms with Crippen LogP contribution in [0.15, 0.2) is 76.4 Å². The molecule has 4 aromatic rings. The molecule has 4 rings (SSSR count). The summed E-state index contributed by atoms with van der Waals surface area (Å²) in [7, 11) is -4.07. The van der Waals surface area contributed by atoms with Gasteiger partial charge in [0.25, 0.3) is 15.9 Å². The Kier molecular flexibility index (Phi) is 4.84. The Morgan fingerprint density at radius 1 is 0.867 bits per heavy atom. The number of imidazole rings is 1. The summed E-state index contributed by atoms with van der Waals surface area (Å²) in [6.45, 7) is 0. The Morgan fingerprint density at radius 2 is 1.53 bits per heavy atom. The minimum Gasteiger partial charge on any atom is -0.319 e. The second-order valence-electron chi connectivity index (χ2n) is 6.37. The number of benzene rings is 3. The zero-order valence-electron chi connectivity index (χ0n) is 15.3. The molecular formula is C20H15FN4O4S. The highest BCUT2D eigenvalue weighted by Crippen LogP contribution is 2.23. The average Bonchev–Trinajstić information content (AvgIpc) is 3.09. The predicted molar refractivity (Wildman–Crippen MR) is 111 cm³/mol. The van der Waals surface area contributed by atoms with Crippen LogP contribution in [-0.4, -0.2) is 24.3 Å². The molecule has 10 heteroatoms. The van der Waals surface area contributed by atoms with E-state index in [4.69, 9.17) is 0 Å². The van der Waals surface area contributed by atoms with E-state index in [-0.39, 0.29) is 21.8 Å². The Hall–Kier alpha value is -3.92. The Bertz CT molecular complexity index is 1430. The van der Waals surface area contributed by atoms with E-state index in [9.17, 15) is 22.4 Å². The van der Waals surface area contributed by atoms with Crippen LogP contribution >= 0.6 is 0 Å². The summed E-state index contributed by atoms with van der Waals surface area (Å²) in [5.41, 5.74) is 0.344. The van der Waals surface area contributed by atoms with Crippen LogP contribution < -0.4 is 15.7 Å². The van der Waals surface area contributed by atoms with Crippen LogP contribution in [0.4, 0.5) is 15.8 Å². The number of para-hydroxylation sites is 2. The number of aromatic nitrogens is 2. The largest absolute Gasteiger partial charge is 0.323 e. The number of halogens is 1. The van der Waals surface area contributed by atoms with Crippen molar-refractivity contribution in [3.8, 4) is 0 Å². The molecule has 0 aliphatic rings. The summed E-state index contributed by atoms with van der Waals surface area (Å²) >= 11 is 0. The van der Waals surface area contributed by atoms with Crippen molar-refractivity contribution in [2.75, 3.05) is 10.0 Å². The van der Waals surface area contributed by atoms with Crippen LogP contribution in [0.2, 0.25) is 0 Å². The molecule has 0 saturated carbocycles. The lowest BCUT2D eigenvalue weighted by Crippen LogP contribution is -2.19. The predicted octanol–water partition coefficient (Wildman–Crippen LogP) is 3.05. The van der Waals surface area contributed by atoms with Crippen molar-refractivity contribution in [3.63, 3.8) is 0 Å². The molecule has 1 heterocycles. The van der Waals surface area contributed by atoms with E-state index in [0.717, 1.165) is 0 Å². The number of nitrogens with one attached hydrogen (secondary N) is 4. The first-order valence-electron chi connectivity index (χ1n) is 8.73. The van der Waals surface area contributed by atoms with Crippen molar-refractivity contribution in [1.29, 1.82) is 0 Å². The molecule has 0 radical (unpaired) electrons. The molecule has 0 aliphatic heterocycles. The van der Waals surface area contributed by atoms with Crippen molar-refractivity contribution in [2.45, 2.75) is 4.90 Å². The number of H-pyrrole nitrogens is 2. The summed E-state index contributed by atoms with van der Waals surface area (Å²) in [5.74, 6) is -1.29. The molecule has 0 unspecified atom stereocenters. The lowest BCUT2D eigenvalue weighted by Gasteiger charge is -2.13. The minimum absolute atomic E-state index is 0.0143. The number of aromatic amines is 2. The molecule has 1 aromatic heterocycles. The maximum absolute atomic E-state index is 13.8. The highest BCUT2D eigenvalue weighted by atomic mass is 32.2. The third kappa shape index (κ3) is 3.80. The third-order valence-corrected chi connectivity index (χ3v) is 5.70. The topological polar surface area (TPSA) is 124 Å². The molecule has 0 atom stereocenters. The molecular weight excluding hydrogens is 411 g/mol. The fourth-order valence-corrected chi connectivity index (χ4v) is 4.01. The lowest BCUT2D eigenvalue weighted by atomic mass is 10.1. The Labute approximate surface area is 169 Å². The zero-order valence-corrected chi connectivity index (χ0v) is 16.1. The molecule has 0 aliphatic carbocycles. The van der Waals surface area contributed by atoms with Crippen molar-refractivity contribution in [3.05, 3.63) is 88.6 Å². The minimum atomic E-state index is -4.07. The molecule has 152 valence electrons. The fourth-order valence-electron chi connectivity index (χ4n) is 2.90. The fraction of sp³-hybridized carbons (Fsp3) is 0. The number of sulfonamides is 1. The van der Waals surface area contributed by atoms with Crippen LogP contribution in [0.1, 0.15) is 10.4 Å². The second kappa shape index (κ2) is 7.48. The van der Waals surface area contributed by atoms with Crippen molar-refractivity contribution in [2.24, 2.45) is 0 Å². The van der Waals surface area contributed by atoms with E-state index in [1.54, 1.807) is 18.2 Å². The highest BCUT2D eigenvalue weighted by molar-refractivity contribution is 7.92. The molecule has 0 bridgehead atoms. The van der Waals surface area contributed by atoms with Crippen LogP contribution in [0.25, 0.3) is 11.0 Å². The van der Waals surface area contributed by atoms with Gasteiger partial charge in [-0.05, 0) is 42.5 Å². The normalized spacial score (nSPS) is 11.4. The van der Waals surface area contributed by atoms with Gasteiger partial charge in [-0.15, -0.1) is 0 Å². The SMILES string of the molecule is O=C(Nc1ccccc1F)c1ccccc1NS(=O)(=O)c1ccc2[nH]c(=O)[nH]c2c1. The average molecular weight is 426 g/mol. The number of hydrogen-bond acceptors (Lipinski definition) is 4. The standard InChI is InChI=1S/C20H15FN4O4S/c21-14-6-2-4-8-16(14)22-19(26)13-5-1-3-7-15(13)25-30(28,29)12-9-10-17-18(11-12)24-20(27)23-17/h1-11,25H,(H,22,26)(H2,23,24,27). The summed E-state index contributed by atoms with van der Waals surface area (Å²) in [6.07, 6.45) is 0. The Balaban J connectivity index is 1.65. The van der Waals surface area contributed by atoms with E-state index in [2.05, 4.69) is 20.0 Å². The smallest absolute Gasteiger partial charge is 0.319 e. The van der Waals surface area contributed by atoms with Crippen LogP contribution in [0, 0.1) is 5.82 Å². The van der Waals surface area contributed by atoms with Crippen molar-refractivity contribution in [1.82, 2.24) is 9.97 Å². The monoisotopic (exact) mass is 426 g/mol. The highest BCUT2D eigenvalue weighted by Gasteiger charge is 2.20. The number of carbonyl (C=O) groups is 1. The first-order chi connectivity index (χ1) is 14.3. The molecule has 30 heavy (non-hydrogen) atoms.